The zero-order valence-corrected chi connectivity index (χ0v) is 32.6. The summed E-state index contributed by atoms with van der Waals surface area (Å²) < 4.78 is 9.38. The van der Waals surface area contributed by atoms with Crippen LogP contribution in [-0.2, 0) is 38.1 Å². The summed E-state index contributed by atoms with van der Waals surface area (Å²) in [5.41, 5.74) is 8.55. The van der Waals surface area contributed by atoms with Crippen LogP contribution in [0.1, 0.15) is 145 Å². The first-order chi connectivity index (χ1) is 23.2. The van der Waals surface area contributed by atoms with E-state index in [1.165, 1.54) is 17.5 Å². The summed E-state index contributed by atoms with van der Waals surface area (Å²) in [4.78, 5) is 49.7. The van der Waals surface area contributed by atoms with E-state index >= 15 is 0 Å². The van der Waals surface area contributed by atoms with Gasteiger partial charge in [-0.3, -0.25) is 23.9 Å². The van der Waals surface area contributed by atoms with Crippen molar-refractivity contribution in [1.29, 1.82) is 0 Å². The Balaban J connectivity index is 1.46. The first-order valence-electron chi connectivity index (χ1n) is 19.4. The second-order valence-electron chi connectivity index (χ2n) is 18.5. The van der Waals surface area contributed by atoms with Gasteiger partial charge < -0.3 is 15.6 Å². The molecule has 0 spiro atoms. The fraction of sp³-hybridized carbons (Fsp3) is 0.805. The number of rotatable bonds is 12. The number of fused-ring (bicyclic) bond motifs is 5. The molecule has 0 radical (unpaired) electrons. The quantitative estimate of drug-likeness (QED) is 0.172. The first-order valence-corrected chi connectivity index (χ1v) is 19.4. The standard InChI is InChI=1S/C41H65N3O6/c1-11-27(50-34(47)23-37(5,6)36(48)49)15-17-38(7)26(4)14-18-40(9)30(38)13-12-29-35-28(25(2)3)16-19-41(35,21-20-39(29,40)8)31-22-33(46)44(43(31)10)24-32(42)45/h22,25-27,29-30H,11-21,23-24H2,1-10H3,(H2,42,45)(H,48,49)/t26-,27-,29-,30-,38+,39-,40-,41-/m1/s1. The second-order valence-corrected chi connectivity index (χ2v) is 18.5. The highest BCUT2D eigenvalue weighted by molar-refractivity contribution is 5.81. The minimum atomic E-state index is -1.15. The number of carbonyl (C=O) groups is 3. The van der Waals surface area contributed by atoms with Crippen molar-refractivity contribution in [2.75, 3.05) is 0 Å². The van der Waals surface area contributed by atoms with E-state index in [0.29, 0.717) is 30.1 Å². The molecule has 4 aliphatic rings. The number of esters is 1. The number of carbonyl (C=O) groups excluding carboxylic acids is 2. The van der Waals surface area contributed by atoms with Gasteiger partial charge in [0.25, 0.3) is 5.56 Å². The molecule has 5 rings (SSSR count). The Bertz CT molecular complexity index is 1600. The normalized spacial score (nSPS) is 34.6. The van der Waals surface area contributed by atoms with Crippen LogP contribution in [0.15, 0.2) is 22.0 Å². The maximum Gasteiger partial charge on any atom is 0.309 e. The molecule has 1 amide bonds. The van der Waals surface area contributed by atoms with E-state index in [-0.39, 0.29) is 46.3 Å². The lowest BCUT2D eigenvalue weighted by atomic mass is 9.35. The third-order valence-corrected chi connectivity index (χ3v) is 15.3. The number of carboxylic acids is 1. The molecule has 280 valence electrons. The number of ether oxygens (including phenoxy) is 1. The van der Waals surface area contributed by atoms with E-state index in [9.17, 15) is 24.3 Å². The number of carboxylic acid groups (broad SMARTS) is 1. The van der Waals surface area contributed by atoms with Gasteiger partial charge in [0.15, 0.2) is 0 Å². The van der Waals surface area contributed by atoms with Crippen molar-refractivity contribution in [3.05, 3.63) is 33.3 Å². The molecule has 0 unspecified atom stereocenters. The van der Waals surface area contributed by atoms with Crippen LogP contribution in [0.25, 0.3) is 0 Å². The monoisotopic (exact) mass is 695 g/mol. The van der Waals surface area contributed by atoms with E-state index in [4.69, 9.17) is 10.5 Å². The molecule has 0 saturated heterocycles. The van der Waals surface area contributed by atoms with E-state index < -0.39 is 23.3 Å². The van der Waals surface area contributed by atoms with Gasteiger partial charge in [-0.05, 0) is 124 Å². The number of aromatic nitrogens is 2. The van der Waals surface area contributed by atoms with Crippen LogP contribution in [0.5, 0.6) is 0 Å². The van der Waals surface area contributed by atoms with Crippen LogP contribution in [0, 0.1) is 45.3 Å². The Morgan fingerprint density at radius 1 is 1.06 bits per heavy atom. The van der Waals surface area contributed by atoms with Crippen molar-refractivity contribution in [2.24, 2.45) is 58.1 Å². The predicted octanol–water partition coefficient (Wildman–Crippen LogP) is 7.53. The van der Waals surface area contributed by atoms with E-state index in [0.717, 1.165) is 57.1 Å². The number of allylic oxidation sites excluding steroid dienone is 2. The summed E-state index contributed by atoms with van der Waals surface area (Å²) in [6.45, 7) is 19.8. The van der Waals surface area contributed by atoms with Gasteiger partial charge in [-0.1, -0.05) is 59.6 Å². The molecule has 0 aromatic carbocycles. The van der Waals surface area contributed by atoms with E-state index in [2.05, 4.69) is 48.5 Å². The highest BCUT2D eigenvalue weighted by Gasteiger charge is 2.67. The number of amides is 1. The fourth-order valence-corrected chi connectivity index (χ4v) is 11.8. The average Bonchev–Trinajstić information content (AvgIpc) is 3.55. The lowest BCUT2D eigenvalue weighted by Gasteiger charge is -2.69. The molecule has 50 heavy (non-hydrogen) atoms. The lowest BCUT2D eigenvalue weighted by molar-refractivity contribution is -0.184. The largest absolute Gasteiger partial charge is 0.481 e. The van der Waals surface area contributed by atoms with Gasteiger partial charge in [-0.2, -0.15) is 0 Å². The smallest absolute Gasteiger partial charge is 0.309 e. The molecule has 1 aromatic heterocycles. The highest BCUT2D eigenvalue weighted by atomic mass is 16.5. The Hall–Kier alpha value is -2.84. The molecule has 9 heteroatoms. The maximum absolute atomic E-state index is 13.3. The molecule has 9 nitrogen and oxygen atoms in total. The number of hydrogen-bond acceptors (Lipinski definition) is 5. The number of nitrogens with two attached hydrogens (primary N) is 1. The molecular weight excluding hydrogens is 630 g/mol. The van der Waals surface area contributed by atoms with Gasteiger partial charge in [-0.25, -0.2) is 4.68 Å². The van der Waals surface area contributed by atoms with Gasteiger partial charge in [0.1, 0.15) is 12.6 Å². The molecule has 3 saturated carbocycles. The van der Waals surface area contributed by atoms with Gasteiger partial charge in [0.05, 0.1) is 17.5 Å². The summed E-state index contributed by atoms with van der Waals surface area (Å²) >= 11 is 0. The van der Waals surface area contributed by atoms with Crippen molar-refractivity contribution in [2.45, 2.75) is 157 Å². The summed E-state index contributed by atoms with van der Waals surface area (Å²) in [7, 11) is 1.92. The van der Waals surface area contributed by atoms with Gasteiger partial charge in [-0.15, -0.1) is 0 Å². The molecular formula is C41H65N3O6. The molecule has 3 N–H and O–H groups in total. The molecule has 8 atom stereocenters. The van der Waals surface area contributed by atoms with Gasteiger partial charge in [0.2, 0.25) is 5.91 Å². The van der Waals surface area contributed by atoms with Crippen LogP contribution in [-0.4, -0.2) is 38.4 Å². The van der Waals surface area contributed by atoms with Crippen LogP contribution >= 0.6 is 0 Å². The Morgan fingerprint density at radius 3 is 2.34 bits per heavy atom. The van der Waals surface area contributed by atoms with Gasteiger partial charge in [0, 0.05) is 18.5 Å². The van der Waals surface area contributed by atoms with Crippen molar-refractivity contribution in [3.63, 3.8) is 0 Å². The van der Waals surface area contributed by atoms with Crippen LogP contribution in [0.4, 0.5) is 0 Å². The molecule has 0 bridgehead atoms. The van der Waals surface area contributed by atoms with Crippen LogP contribution in [0.2, 0.25) is 0 Å². The Labute approximate surface area is 299 Å². The predicted molar refractivity (Wildman–Crippen MR) is 195 cm³/mol. The summed E-state index contributed by atoms with van der Waals surface area (Å²) in [5, 5.41) is 9.53. The molecule has 3 fully saturated rings. The zero-order valence-electron chi connectivity index (χ0n) is 32.6. The van der Waals surface area contributed by atoms with E-state index in [1.807, 2.05) is 11.7 Å². The SMILES string of the molecule is CC[C@H](CC[C@@]1(C)[C@H](C)CC[C@]2(C)[C@@H]1CC[C@@H]1C3=C(C(C)C)CC[C@]3(c3cc(=O)n(CC(N)=O)n3C)CC[C@]12C)OC(=O)CC(C)(C)C(=O)O. The topological polar surface area (TPSA) is 134 Å². The lowest BCUT2D eigenvalue weighted by Crippen LogP contribution is -2.62. The molecule has 1 aromatic rings. The Morgan fingerprint density at radius 2 is 1.74 bits per heavy atom. The van der Waals surface area contributed by atoms with Crippen LogP contribution < -0.4 is 11.3 Å². The number of primary amides is 1. The number of hydrogen-bond donors (Lipinski definition) is 2. The average molecular weight is 696 g/mol. The third kappa shape index (κ3) is 6.00. The van der Waals surface area contributed by atoms with Crippen LogP contribution in [0.3, 0.4) is 0 Å². The maximum atomic E-state index is 13.3. The molecule has 0 aliphatic heterocycles. The number of nitrogens with zero attached hydrogens (tertiary/aromatic N) is 2. The van der Waals surface area contributed by atoms with Crippen molar-refractivity contribution in [1.82, 2.24) is 9.36 Å². The first kappa shape index (κ1) is 38.4. The minimum Gasteiger partial charge on any atom is -0.481 e. The second kappa shape index (κ2) is 13.3. The zero-order chi connectivity index (χ0) is 37.2. The summed E-state index contributed by atoms with van der Waals surface area (Å²) in [6.07, 6.45) is 10.9. The summed E-state index contributed by atoms with van der Waals surface area (Å²) in [5.74, 6) is -0.0136. The Kier molecular flexibility index (Phi) is 10.2. The summed E-state index contributed by atoms with van der Waals surface area (Å²) in [6, 6.07) is 1.79. The van der Waals surface area contributed by atoms with Crippen molar-refractivity contribution < 1.29 is 24.2 Å². The molecule has 1 heterocycles. The minimum absolute atomic E-state index is 0.0799. The van der Waals surface area contributed by atoms with Crippen molar-refractivity contribution in [3.8, 4) is 0 Å². The highest BCUT2D eigenvalue weighted by Crippen LogP contribution is 2.75. The third-order valence-electron chi connectivity index (χ3n) is 15.3. The molecule has 4 aliphatic carbocycles. The number of aliphatic carboxylic acids is 1. The van der Waals surface area contributed by atoms with Crippen molar-refractivity contribution >= 4 is 17.8 Å². The van der Waals surface area contributed by atoms with E-state index in [1.54, 1.807) is 31.1 Å². The van der Waals surface area contributed by atoms with Gasteiger partial charge >= 0.3 is 11.9 Å². The fourth-order valence-electron chi connectivity index (χ4n) is 11.8.